The molecule has 6 nitrogen and oxygen atoms in total. The molecule has 0 saturated heterocycles. The molecule has 1 aromatic heterocycles. The van der Waals surface area contributed by atoms with Gasteiger partial charge in [-0.25, -0.2) is 0 Å². The van der Waals surface area contributed by atoms with Crippen molar-refractivity contribution in [2.45, 2.75) is 26.3 Å². The number of aldehydes is 1. The predicted molar refractivity (Wildman–Crippen MR) is 81.9 cm³/mol. The summed E-state index contributed by atoms with van der Waals surface area (Å²) in [7, 11) is 1.81. The first kappa shape index (κ1) is 16.7. The molecule has 0 aliphatic rings. The Hall–Kier alpha value is -2.34. The maximum atomic E-state index is 12.0. The van der Waals surface area contributed by atoms with Gasteiger partial charge in [0.2, 0.25) is 0 Å². The van der Waals surface area contributed by atoms with Crippen molar-refractivity contribution in [1.29, 1.82) is 0 Å². The minimum absolute atomic E-state index is 0.0638. The van der Waals surface area contributed by atoms with Crippen LogP contribution in [0.1, 0.15) is 32.0 Å². The zero-order valence-electron chi connectivity index (χ0n) is 12.5. The molecule has 1 atom stereocenters. The molecule has 0 aliphatic carbocycles. The Labute approximate surface area is 123 Å². The van der Waals surface area contributed by atoms with E-state index in [-0.39, 0.29) is 11.6 Å². The van der Waals surface area contributed by atoms with Gasteiger partial charge in [0.05, 0.1) is 6.04 Å². The van der Waals surface area contributed by atoms with E-state index in [0.29, 0.717) is 11.5 Å². The smallest absolute Gasteiger partial charge is 0.274 e. The third-order valence-corrected chi connectivity index (χ3v) is 2.86. The monoisotopic (exact) mass is 288 g/mol. The molecule has 6 heteroatoms. The quantitative estimate of drug-likeness (QED) is 0.836. The van der Waals surface area contributed by atoms with Gasteiger partial charge in [0.15, 0.2) is 5.82 Å². The van der Waals surface area contributed by atoms with Crippen molar-refractivity contribution in [2.75, 3.05) is 7.05 Å². The molecule has 112 valence electrons. The Morgan fingerprint density at radius 2 is 1.90 bits per heavy atom. The molecule has 21 heavy (non-hydrogen) atoms. The lowest BCUT2D eigenvalue weighted by atomic mass is 10.1. The molecule has 1 heterocycles. The second-order valence-corrected chi connectivity index (χ2v) is 4.24. The van der Waals surface area contributed by atoms with Gasteiger partial charge in [-0.3, -0.25) is 4.79 Å². The van der Waals surface area contributed by atoms with Crippen LogP contribution in [0.2, 0.25) is 0 Å². The highest BCUT2D eigenvalue weighted by atomic mass is 16.1. The number of rotatable bonds is 4. The van der Waals surface area contributed by atoms with E-state index in [1.165, 1.54) is 6.92 Å². The molecule has 2 rings (SSSR count). The Morgan fingerprint density at radius 3 is 2.38 bits per heavy atom. The largest absolute Gasteiger partial charge is 0.311 e. The first-order valence-corrected chi connectivity index (χ1v) is 6.77. The van der Waals surface area contributed by atoms with E-state index in [9.17, 15) is 4.79 Å². The topological polar surface area (TPSA) is 87.7 Å². The van der Waals surface area contributed by atoms with Gasteiger partial charge in [0.1, 0.15) is 12.0 Å². The SMILES string of the molecule is CC=O.CCC(NC)c1nnc(-c2ccccc2)[nH]c1=O. The number of H-pyrrole nitrogens is 1. The molecule has 1 aromatic carbocycles. The highest BCUT2D eigenvalue weighted by Crippen LogP contribution is 2.13. The van der Waals surface area contributed by atoms with Gasteiger partial charge in [0.25, 0.3) is 5.56 Å². The van der Waals surface area contributed by atoms with Crippen LogP contribution in [0.3, 0.4) is 0 Å². The fourth-order valence-electron chi connectivity index (χ4n) is 1.83. The van der Waals surface area contributed by atoms with Crippen molar-refractivity contribution < 1.29 is 4.79 Å². The van der Waals surface area contributed by atoms with Gasteiger partial charge in [-0.15, -0.1) is 10.2 Å². The van der Waals surface area contributed by atoms with E-state index in [4.69, 9.17) is 4.79 Å². The average Bonchev–Trinajstić information content (AvgIpc) is 2.51. The van der Waals surface area contributed by atoms with Gasteiger partial charge in [-0.1, -0.05) is 37.3 Å². The Balaban J connectivity index is 0.000000677. The van der Waals surface area contributed by atoms with Gasteiger partial charge in [0, 0.05) is 5.56 Å². The molecular weight excluding hydrogens is 268 g/mol. The van der Waals surface area contributed by atoms with E-state index in [1.807, 2.05) is 37.3 Å². The van der Waals surface area contributed by atoms with Crippen LogP contribution in [0.15, 0.2) is 35.1 Å². The Kier molecular flexibility index (Phi) is 6.97. The van der Waals surface area contributed by atoms with Gasteiger partial charge in [-0.2, -0.15) is 0 Å². The summed E-state index contributed by atoms with van der Waals surface area (Å²) in [6, 6.07) is 9.41. The minimum Gasteiger partial charge on any atom is -0.311 e. The number of carbonyl (C=O) groups is 1. The molecule has 0 radical (unpaired) electrons. The summed E-state index contributed by atoms with van der Waals surface area (Å²) in [4.78, 5) is 23.6. The van der Waals surface area contributed by atoms with Crippen LogP contribution in [0.4, 0.5) is 0 Å². The van der Waals surface area contributed by atoms with Crippen LogP contribution in [0, 0.1) is 0 Å². The number of benzene rings is 1. The summed E-state index contributed by atoms with van der Waals surface area (Å²) < 4.78 is 0. The summed E-state index contributed by atoms with van der Waals surface area (Å²) in [5.74, 6) is 0.496. The number of aromatic amines is 1. The number of nitrogens with one attached hydrogen (secondary N) is 2. The van der Waals surface area contributed by atoms with E-state index in [1.54, 1.807) is 7.05 Å². The number of aromatic nitrogens is 3. The van der Waals surface area contributed by atoms with Crippen LogP contribution in [-0.4, -0.2) is 28.5 Å². The number of nitrogens with zero attached hydrogens (tertiary/aromatic N) is 2. The summed E-state index contributed by atoms with van der Waals surface area (Å²) in [5.41, 5.74) is 1.09. The average molecular weight is 288 g/mol. The molecule has 0 spiro atoms. The molecule has 2 N–H and O–H groups in total. The summed E-state index contributed by atoms with van der Waals surface area (Å²) in [6.45, 7) is 3.44. The van der Waals surface area contributed by atoms with Crippen molar-refractivity contribution in [3.8, 4) is 11.4 Å². The zero-order chi connectivity index (χ0) is 15.7. The molecule has 0 bridgehead atoms. The van der Waals surface area contributed by atoms with Gasteiger partial charge < -0.3 is 15.1 Å². The maximum absolute atomic E-state index is 12.0. The van der Waals surface area contributed by atoms with E-state index < -0.39 is 0 Å². The predicted octanol–water partition coefficient (Wildman–Crippen LogP) is 1.71. The van der Waals surface area contributed by atoms with Crippen molar-refractivity contribution >= 4 is 6.29 Å². The van der Waals surface area contributed by atoms with Crippen LogP contribution < -0.4 is 10.9 Å². The summed E-state index contributed by atoms with van der Waals surface area (Å²) >= 11 is 0. The normalized spacial score (nSPS) is 11.2. The number of hydrogen-bond donors (Lipinski definition) is 2. The molecule has 0 fully saturated rings. The lowest BCUT2D eigenvalue weighted by molar-refractivity contribution is -0.106. The van der Waals surface area contributed by atoms with Crippen molar-refractivity contribution in [1.82, 2.24) is 20.5 Å². The molecule has 1 unspecified atom stereocenters. The van der Waals surface area contributed by atoms with Crippen LogP contribution in [0.25, 0.3) is 11.4 Å². The second-order valence-electron chi connectivity index (χ2n) is 4.24. The van der Waals surface area contributed by atoms with Gasteiger partial charge in [-0.05, 0) is 20.4 Å². The van der Waals surface area contributed by atoms with E-state index >= 15 is 0 Å². The Morgan fingerprint density at radius 1 is 1.29 bits per heavy atom. The molecule has 0 amide bonds. The molecule has 0 saturated carbocycles. The van der Waals surface area contributed by atoms with Crippen molar-refractivity contribution in [3.05, 3.63) is 46.4 Å². The summed E-state index contributed by atoms with van der Waals surface area (Å²) in [6.07, 6.45) is 1.54. The van der Waals surface area contributed by atoms with Crippen LogP contribution >= 0.6 is 0 Å². The fourth-order valence-corrected chi connectivity index (χ4v) is 1.83. The first-order valence-electron chi connectivity index (χ1n) is 6.77. The van der Waals surface area contributed by atoms with E-state index in [2.05, 4.69) is 20.5 Å². The van der Waals surface area contributed by atoms with Crippen LogP contribution in [0.5, 0.6) is 0 Å². The number of carbonyl (C=O) groups excluding carboxylic acids is 1. The standard InChI is InChI=1S/C13H16N4O.C2H4O/c1-3-10(14-2)11-13(18)15-12(17-16-11)9-7-5-4-6-8-9;1-2-3/h4-8,10,14H,3H2,1-2H3,(H,15,17,18);2H,1H3. The maximum Gasteiger partial charge on any atom is 0.274 e. The molecular formula is C15H20N4O2. The van der Waals surface area contributed by atoms with Crippen molar-refractivity contribution in [3.63, 3.8) is 0 Å². The lowest BCUT2D eigenvalue weighted by Crippen LogP contribution is -2.27. The Bertz CT molecular complexity index is 607. The fraction of sp³-hybridized carbons (Fsp3) is 0.333. The summed E-state index contributed by atoms with van der Waals surface area (Å²) in [5, 5.41) is 11.2. The van der Waals surface area contributed by atoms with Crippen LogP contribution in [-0.2, 0) is 4.79 Å². The first-order chi connectivity index (χ1) is 10.2. The second kappa shape index (κ2) is 8.76. The van der Waals surface area contributed by atoms with Crippen molar-refractivity contribution in [2.24, 2.45) is 0 Å². The third kappa shape index (κ3) is 4.61. The van der Waals surface area contributed by atoms with Gasteiger partial charge >= 0.3 is 0 Å². The lowest BCUT2D eigenvalue weighted by Gasteiger charge is -2.11. The molecule has 2 aromatic rings. The van der Waals surface area contributed by atoms with E-state index in [0.717, 1.165) is 18.3 Å². The highest BCUT2D eigenvalue weighted by molar-refractivity contribution is 5.53. The number of hydrogen-bond acceptors (Lipinski definition) is 5. The highest BCUT2D eigenvalue weighted by Gasteiger charge is 2.14. The zero-order valence-corrected chi connectivity index (χ0v) is 12.5. The molecule has 0 aliphatic heterocycles. The minimum atomic E-state index is -0.190. The third-order valence-electron chi connectivity index (χ3n) is 2.86.